The molecule has 0 radical (unpaired) electrons. The SMILES string of the molecule is CCNc1cc(Sc2nnc3n2CCCCC3)nc(N)n1. The molecule has 0 saturated heterocycles. The van der Waals surface area contributed by atoms with Gasteiger partial charge in [0.05, 0.1) is 0 Å². The van der Waals surface area contributed by atoms with Gasteiger partial charge in [0, 0.05) is 25.6 Å². The third kappa shape index (κ3) is 3.26. The van der Waals surface area contributed by atoms with E-state index in [0.29, 0.717) is 0 Å². The fourth-order valence-electron chi connectivity index (χ4n) is 2.39. The van der Waals surface area contributed by atoms with Crippen molar-refractivity contribution >= 4 is 23.5 Å². The van der Waals surface area contributed by atoms with Gasteiger partial charge in [0.25, 0.3) is 0 Å². The minimum Gasteiger partial charge on any atom is -0.370 e. The minimum absolute atomic E-state index is 0.270. The molecule has 0 spiro atoms. The van der Waals surface area contributed by atoms with Gasteiger partial charge in [-0.05, 0) is 31.5 Å². The molecule has 2 aromatic heterocycles. The summed E-state index contributed by atoms with van der Waals surface area (Å²) in [6, 6.07) is 1.89. The number of nitrogens with one attached hydrogen (secondary N) is 1. The lowest BCUT2D eigenvalue weighted by atomic mass is 10.2. The van der Waals surface area contributed by atoms with Crippen LogP contribution in [0.25, 0.3) is 0 Å². The molecule has 0 saturated carbocycles. The van der Waals surface area contributed by atoms with E-state index < -0.39 is 0 Å². The van der Waals surface area contributed by atoms with E-state index in [0.717, 1.165) is 41.3 Å². The normalized spacial score (nSPS) is 14.5. The molecular formula is C13H19N7S. The van der Waals surface area contributed by atoms with Crippen molar-refractivity contribution in [3.8, 4) is 0 Å². The van der Waals surface area contributed by atoms with Crippen LogP contribution in [0, 0.1) is 0 Å². The largest absolute Gasteiger partial charge is 0.370 e. The number of anilines is 2. The van der Waals surface area contributed by atoms with Crippen LogP contribution in [0.15, 0.2) is 16.2 Å². The monoisotopic (exact) mass is 305 g/mol. The van der Waals surface area contributed by atoms with E-state index >= 15 is 0 Å². The van der Waals surface area contributed by atoms with E-state index in [1.807, 2.05) is 13.0 Å². The van der Waals surface area contributed by atoms with Crippen molar-refractivity contribution in [2.75, 3.05) is 17.6 Å². The Labute approximate surface area is 127 Å². The average molecular weight is 305 g/mol. The highest BCUT2D eigenvalue weighted by Crippen LogP contribution is 2.28. The number of nitrogen functional groups attached to an aromatic ring is 1. The first-order valence-corrected chi connectivity index (χ1v) is 8.06. The zero-order valence-electron chi connectivity index (χ0n) is 12.0. The van der Waals surface area contributed by atoms with Gasteiger partial charge in [-0.1, -0.05) is 6.42 Å². The summed E-state index contributed by atoms with van der Waals surface area (Å²) in [5.74, 6) is 2.08. The first kappa shape index (κ1) is 14.1. The van der Waals surface area contributed by atoms with Crippen molar-refractivity contribution in [2.24, 2.45) is 0 Å². The number of rotatable bonds is 4. The molecule has 112 valence electrons. The highest BCUT2D eigenvalue weighted by molar-refractivity contribution is 7.99. The Morgan fingerprint density at radius 1 is 1.29 bits per heavy atom. The number of aryl methyl sites for hydroxylation is 1. The predicted octanol–water partition coefficient (Wildman–Crippen LogP) is 1.96. The number of aromatic nitrogens is 5. The summed E-state index contributed by atoms with van der Waals surface area (Å²) in [6.45, 7) is 3.79. The van der Waals surface area contributed by atoms with Crippen molar-refractivity contribution in [2.45, 2.75) is 49.3 Å². The Morgan fingerprint density at radius 2 is 2.19 bits per heavy atom. The minimum atomic E-state index is 0.270. The molecule has 0 bridgehead atoms. The lowest BCUT2D eigenvalue weighted by Crippen LogP contribution is -2.05. The zero-order chi connectivity index (χ0) is 14.7. The van der Waals surface area contributed by atoms with E-state index in [4.69, 9.17) is 5.73 Å². The van der Waals surface area contributed by atoms with Crippen LogP contribution in [-0.4, -0.2) is 31.3 Å². The van der Waals surface area contributed by atoms with Crippen LogP contribution in [0.1, 0.15) is 32.0 Å². The van der Waals surface area contributed by atoms with Crippen LogP contribution in [0.2, 0.25) is 0 Å². The lowest BCUT2D eigenvalue weighted by Gasteiger charge is -2.08. The van der Waals surface area contributed by atoms with Crippen molar-refractivity contribution in [3.05, 3.63) is 11.9 Å². The molecule has 2 aromatic rings. The Bertz CT molecular complexity index is 625. The smallest absolute Gasteiger partial charge is 0.223 e. The topological polar surface area (TPSA) is 94.5 Å². The summed E-state index contributed by atoms with van der Waals surface area (Å²) >= 11 is 1.49. The van der Waals surface area contributed by atoms with Crippen molar-refractivity contribution < 1.29 is 0 Å². The zero-order valence-corrected chi connectivity index (χ0v) is 12.9. The van der Waals surface area contributed by atoms with Gasteiger partial charge < -0.3 is 15.6 Å². The van der Waals surface area contributed by atoms with E-state index in [1.165, 1.54) is 31.0 Å². The van der Waals surface area contributed by atoms with Gasteiger partial charge in [0.2, 0.25) is 5.95 Å². The Balaban J connectivity index is 1.85. The fraction of sp³-hybridized carbons (Fsp3) is 0.538. The molecule has 0 amide bonds. The molecule has 7 nitrogen and oxygen atoms in total. The second kappa shape index (κ2) is 6.30. The molecule has 21 heavy (non-hydrogen) atoms. The molecule has 0 unspecified atom stereocenters. The molecule has 0 aliphatic carbocycles. The lowest BCUT2D eigenvalue weighted by molar-refractivity contribution is 0.590. The second-order valence-corrected chi connectivity index (χ2v) is 5.93. The predicted molar refractivity (Wildman–Crippen MR) is 82.3 cm³/mol. The van der Waals surface area contributed by atoms with Crippen molar-refractivity contribution in [3.63, 3.8) is 0 Å². The van der Waals surface area contributed by atoms with Crippen molar-refractivity contribution in [1.82, 2.24) is 24.7 Å². The average Bonchev–Trinajstić information content (AvgIpc) is 2.68. The Hall–Kier alpha value is -1.83. The first-order chi connectivity index (χ1) is 10.3. The first-order valence-electron chi connectivity index (χ1n) is 7.24. The van der Waals surface area contributed by atoms with Gasteiger partial charge in [-0.25, -0.2) is 4.98 Å². The van der Waals surface area contributed by atoms with E-state index in [2.05, 4.69) is 30.0 Å². The van der Waals surface area contributed by atoms with E-state index in [1.54, 1.807) is 0 Å². The molecule has 3 N–H and O–H groups in total. The highest BCUT2D eigenvalue weighted by Gasteiger charge is 2.16. The summed E-state index contributed by atoms with van der Waals surface area (Å²) in [5.41, 5.74) is 5.76. The van der Waals surface area contributed by atoms with E-state index in [9.17, 15) is 0 Å². The van der Waals surface area contributed by atoms with Crippen LogP contribution < -0.4 is 11.1 Å². The molecule has 0 fully saturated rings. The number of hydrogen-bond donors (Lipinski definition) is 2. The molecule has 3 rings (SSSR count). The molecule has 1 aliphatic heterocycles. The number of hydrogen-bond acceptors (Lipinski definition) is 7. The second-order valence-electron chi connectivity index (χ2n) is 4.94. The molecule has 0 aromatic carbocycles. The van der Waals surface area contributed by atoms with Gasteiger partial charge in [0.15, 0.2) is 5.16 Å². The number of nitrogens with zero attached hydrogens (tertiary/aromatic N) is 5. The molecule has 1 aliphatic rings. The van der Waals surface area contributed by atoms with Crippen LogP contribution in [0.5, 0.6) is 0 Å². The highest BCUT2D eigenvalue weighted by atomic mass is 32.2. The standard InChI is InChI=1S/C13H19N7S/c1-2-15-9-8-11(17-12(14)16-9)21-13-19-18-10-6-4-3-5-7-20(10)13/h8H,2-7H2,1H3,(H3,14,15,16,17). The third-order valence-corrected chi connectivity index (χ3v) is 4.25. The van der Waals surface area contributed by atoms with Gasteiger partial charge in [0.1, 0.15) is 16.7 Å². The molecule has 0 atom stereocenters. The number of nitrogens with two attached hydrogens (primary N) is 1. The summed E-state index contributed by atoms with van der Waals surface area (Å²) in [5, 5.41) is 13.4. The van der Waals surface area contributed by atoms with Gasteiger partial charge in [-0.15, -0.1) is 10.2 Å². The maximum Gasteiger partial charge on any atom is 0.223 e. The molecular weight excluding hydrogens is 286 g/mol. The van der Waals surface area contributed by atoms with Gasteiger partial charge in [-0.3, -0.25) is 0 Å². The van der Waals surface area contributed by atoms with E-state index in [-0.39, 0.29) is 5.95 Å². The number of fused-ring (bicyclic) bond motifs is 1. The maximum atomic E-state index is 5.76. The summed E-state index contributed by atoms with van der Waals surface area (Å²) in [6.07, 6.45) is 4.61. The fourth-order valence-corrected chi connectivity index (χ4v) is 3.28. The summed E-state index contributed by atoms with van der Waals surface area (Å²) in [4.78, 5) is 8.43. The van der Waals surface area contributed by atoms with Crippen LogP contribution in [0.4, 0.5) is 11.8 Å². The van der Waals surface area contributed by atoms with Gasteiger partial charge in [-0.2, -0.15) is 4.98 Å². The van der Waals surface area contributed by atoms with Crippen molar-refractivity contribution in [1.29, 1.82) is 0 Å². The summed E-state index contributed by atoms with van der Waals surface area (Å²) < 4.78 is 2.20. The van der Waals surface area contributed by atoms with Crippen LogP contribution >= 0.6 is 11.8 Å². The molecule has 8 heteroatoms. The van der Waals surface area contributed by atoms with Crippen LogP contribution in [-0.2, 0) is 13.0 Å². The molecule has 3 heterocycles. The van der Waals surface area contributed by atoms with Gasteiger partial charge >= 0.3 is 0 Å². The third-order valence-electron chi connectivity index (χ3n) is 3.35. The summed E-state index contributed by atoms with van der Waals surface area (Å²) in [7, 11) is 0. The Kier molecular flexibility index (Phi) is 4.23. The quantitative estimate of drug-likeness (QED) is 0.834. The maximum absolute atomic E-state index is 5.76. The Morgan fingerprint density at radius 3 is 3.05 bits per heavy atom. The van der Waals surface area contributed by atoms with Crippen LogP contribution in [0.3, 0.4) is 0 Å².